The van der Waals surface area contributed by atoms with Crippen molar-refractivity contribution in [3.63, 3.8) is 0 Å². The standard InChI is InChI=1S/C25H26ClNO5S/c1-5-32-24-18(26)11-16(13-21(24)31-4)25(28)27-9-8-15-12-19(29-2)20(30-3)14-17(15)23(27)22-7-6-10-33-22/h6-7,10-14,23H,5,8-9H2,1-4H3/t23-/m1/s1. The maximum atomic E-state index is 13.8. The first-order chi connectivity index (χ1) is 16.0. The summed E-state index contributed by atoms with van der Waals surface area (Å²) in [6.45, 7) is 2.87. The molecule has 0 radical (unpaired) electrons. The molecular formula is C25H26ClNO5S. The molecule has 0 fully saturated rings. The lowest BCUT2D eigenvalue weighted by molar-refractivity contribution is 0.0696. The van der Waals surface area contributed by atoms with E-state index in [2.05, 4.69) is 0 Å². The number of amides is 1. The van der Waals surface area contributed by atoms with E-state index in [0.29, 0.717) is 53.2 Å². The van der Waals surface area contributed by atoms with Crippen LogP contribution in [0.2, 0.25) is 5.02 Å². The van der Waals surface area contributed by atoms with Gasteiger partial charge in [0.1, 0.15) is 0 Å². The van der Waals surface area contributed by atoms with Crippen LogP contribution < -0.4 is 18.9 Å². The molecule has 2 heterocycles. The van der Waals surface area contributed by atoms with Gasteiger partial charge in [0.05, 0.1) is 39.0 Å². The molecule has 2 aromatic carbocycles. The van der Waals surface area contributed by atoms with Crippen LogP contribution in [0, 0.1) is 0 Å². The predicted molar refractivity (Wildman–Crippen MR) is 130 cm³/mol. The summed E-state index contributed by atoms with van der Waals surface area (Å²) in [5.41, 5.74) is 2.61. The van der Waals surface area contributed by atoms with Crippen molar-refractivity contribution in [2.75, 3.05) is 34.5 Å². The van der Waals surface area contributed by atoms with Crippen LogP contribution in [0.5, 0.6) is 23.0 Å². The van der Waals surface area contributed by atoms with Gasteiger partial charge in [-0.05, 0) is 60.2 Å². The number of benzene rings is 2. The molecule has 0 saturated heterocycles. The molecule has 0 aliphatic carbocycles. The minimum Gasteiger partial charge on any atom is -0.493 e. The third-order valence-electron chi connectivity index (χ3n) is 5.71. The lowest BCUT2D eigenvalue weighted by Gasteiger charge is -2.37. The number of fused-ring (bicyclic) bond motifs is 1. The molecule has 1 aromatic heterocycles. The van der Waals surface area contributed by atoms with E-state index in [9.17, 15) is 4.79 Å². The molecule has 1 aliphatic rings. The highest BCUT2D eigenvalue weighted by atomic mass is 35.5. The minimum atomic E-state index is -0.252. The van der Waals surface area contributed by atoms with Crippen molar-refractivity contribution in [3.8, 4) is 23.0 Å². The lowest BCUT2D eigenvalue weighted by atomic mass is 9.90. The van der Waals surface area contributed by atoms with Crippen molar-refractivity contribution < 1.29 is 23.7 Å². The highest BCUT2D eigenvalue weighted by Crippen LogP contribution is 2.43. The van der Waals surface area contributed by atoms with E-state index in [0.717, 1.165) is 16.0 Å². The summed E-state index contributed by atoms with van der Waals surface area (Å²) >= 11 is 8.08. The molecule has 0 unspecified atom stereocenters. The van der Waals surface area contributed by atoms with Crippen LogP contribution >= 0.6 is 22.9 Å². The highest BCUT2D eigenvalue weighted by Gasteiger charge is 2.35. The second-order valence-corrected chi connectivity index (χ2v) is 8.88. The lowest BCUT2D eigenvalue weighted by Crippen LogP contribution is -2.40. The van der Waals surface area contributed by atoms with Crippen LogP contribution in [0.4, 0.5) is 0 Å². The number of halogens is 1. The van der Waals surface area contributed by atoms with Gasteiger partial charge in [-0.2, -0.15) is 0 Å². The number of carbonyl (C=O) groups excluding carboxylic acids is 1. The molecule has 3 aromatic rings. The zero-order valence-corrected chi connectivity index (χ0v) is 20.6. The van der Waals surface area contributed by atoms with E-state index in [1.807, 2.05) is 41.5 Å². The normalized spacial score (nSPS) is 15.1. The van der Waals surface area contributed by atoms with E-state index in [-0.39, 0.29) is 11.9 Å². The van der Waals surface area contributed by atoms with Crippen molar-refractivity contribution in [1.82, 2.24) is 4.90 Å². The molecule has 6 nitrogen and oxygen atoms in total. The third-order valence-corrected chi connectivity index (χ3v) is 6.92. The molecule has 8 heteroatoms. The van der Waals surface area contributed by atoms with Crippen LogP contribution in [0.25, 0.3) is 0 Å². The Morgan fingerprint density at radius 2 is 1.82 bits per heavy atom. The molecule has 174 valence electrons. The first-order valence-electron chi connectivity index (χ1n) is 10.6. The van der Waals surface area contributed by atoms with Crippen LogP contribution in [0.1, 0.15) is 39.3 Å². The van der Waals surface area contributed by atoms with Gasteiger partial charge in [0, 0.05) is 17.0 Å². The number of hydrogen-bond acceptors (Lipinski definition) is 6. The summed E-state index contributed by atoms with van der Waals surface area (Å²) in [4.78, 5) is 16.8. The highest BCUT2D eigenvalue weighted by molar-refractivity contribution is 7.10. The van der Waals surface area contributed by atoms with Crippen molar-refractivity contribution >= 4 is 28.8 Å². The molecule has 4 rings (SSSR count). The average Bonchev–Trinajstić information content (AvgIpc) is 3.37. The Labute approximate surface area is 202 Å². The van der Waals surface area contributed by atoms with Gasteiger partial charge in [-0.15, -0.1) is 11.3 Å². The van der Waals surface area contributed by atoms with Crippen LogP contribution in [-0.4, -0.2) is 45.3 Å². The Morgan fingerprint density at radius 1 is 1.09 bits per heavy atom. The van der Waals surface area contributed by atoms with Crippen molar-refractivity contribution in [3.05, 3.63) is 68.4 Å². The summed E-state index contributed by atoms with van der Waals surface area (Å²) in [5, 5.41) is 2.36. The smallest absolute Gasteiger partial charge is 0.254 e. The maximum Gasteiger partial charge on any atom is 0.254 e. The summed E-state index contributed by atoms with van der Waals surface area (Å²) in [6, 6.07) is 11.1. The number of carbonyl (C=O) groups is 1. The maximum absolute atomic E-state index is 13.8. The number of methoxy groups -OCH3 is 3. The van der Waals surface area contributed by atoms with Gasteiger partial charge in [0.25, 0.3) is 5.91 Å². The largest absolute Gasteiger partial charge is 0.493 e. The zero-order valence-electron chi connectivity index (χ0n) is 19.0. The van der Waals surface area contributed by atoms with E-state index in [4.69, 9.17) is 30.5 Å². The Morgan fingerprint density at radius 3 is 2.45 bits per heavy atom. The molecule has 0 N–H and O–H groups in total. The summed E-state index contributed by atoms with van der Waals surface area (Å²) in [5.74, 6) is 2.07. The van der Waals surface area contributed by atoms with Crippen LogP contribution in [0.3, 0.4) is 0 Å². The van der Waals surface area contributed by atoms with Gasteiger partial charge < -0.3 is 23.8 Å². The Balaban J connectivity index is 1.79. The van der Waals surface area contributed by atoms with Crippen molar-refractivity contribution in [2.24, 2.45) is 0 Å². The topological polar surface area (TPSA) is 57.2 Å². The summed E-state index contributed by atoms with van der Waals surface area (Å²) < 4.78 is 22.1. The van der Waals surface area contributed by atoms with Crippen LogP contribution in [-0.2, 0) is 6.42 Å². The fourth-order valence-corrected chi connectivity index (χ4v) is 5.33. The van der Waals surface area contributed by atoms with Gasteiger partial charge in [-0.1, -0.05) is 17.7 Å². The molecule has 0 spiro atoms. The van der Waals surface area contributed by atoms with Crippen molar-refractivity contribution in [1.29, 1.82) is 0 Å². The monoisotopic (exact) mass is 487 g/mol. The number of ether oxygens (including phenoxy) is 4. The van der Waals surface area contributed by atoms with Crippen molar-refractivity contribution in [2.45, 2.75) is 19.4 Å². The zero-order chi connectivity index (χ0) is 23.5. The molecule has 1 amide bonds. The SMILES string of the molecule is CCOc1c(Cl)cc(C(=O)N2CCc3cc(OC)c(OC)cc3[C@@H]2c2cccs2)cc1OC. The van der Waals surface area contributed by atoms with E-state index >= 15 is 0 Å². The van der Waals surface area contributed by atoms with Gasteiger partial charge in [-0.25, -0.2) is 0 Å². The molecule has 0 bridgehead atoms. The Hall–Kier alpha value is -2.90. The molecule has 0 saturated carbocycles. The quantitative estimate of drug-likeness (QED) is 0.433. The summed E-state index contributed by atoms with van der Waals surface area (Å²) in [7, 11) is 4.78. The van der Waals surface area contributed by atoms with Crippen LogP contribution in [0.15, 0.2) is 41.8 Å². The van der Waals surface area contributed by atoms with Gasteiger partial charge in [0.15, 0.2) is 23.0 Å². The second-order valence-electron chi connectivity index (χ2n) is 7.49. The van der Waals surface area contributed by atoms with Gasteiger partial charge >= 0.3 is 0 Å². The predicted octanol–water partition coefficient (Wildman–Crippen LogP) is 5.61. The fraction of sp³-hybridized carbons (Fsp3) is 0.320. The average molecular weight is 488 g/mol. The second kappa shape index (κ2) is 9.93. The first-order valence-corrected chi connectivity index (χ1v) is 11.9. The third kappa shape index (κ3) is 4.35. The van der Waals surface area contributed by atoms with Gasteiger partial charge in [-0.3, -0.25) is 4.79 Å². The fourth-order valence-electron chi connectivity index (χ4n) is 4.21. The van der Waals surface area contributed by atoms with Gasteiger partial charge in [0.2, 0.25) is 0 Å². The number of hydrogen-bond donors (Lipinski definition) is 0. The van der Waals surface area contributed by atoms with E-state index < -0.39 is 0 Å². The minimum absolute atomic E-state index is 0.128. The molecule has 1 atom stereocenters. The molecule has 1 aliphatic heterocycles. The van der Waals surface area contributed by atoms with E-state index in [1.54, 1.807) is 37.7 Å². The summed E-state index contributed by atoms with van der Waals surface area (Å²) in [6.07, 6.45) is 0.700. The number of nitrogens with zero attached hydrogens (tertiary/aromatic N) is 1. The molecular weight excluding hydrogens is 462 g/mol. The number of thiophene rings is 1. The Kier molecular flexibility index (Phi) is 7.00. The van der Waals surface area contributed by atoms with E-state index in [1.165, 1.54) is 7.11 Å². The Bertz CT molecular complexity index is 1150. The number of rotatable bonds is 7. The first kappa shape index (κ1) is 23.3. The molecule has 33 heavy (non-hydrogen) atoms.